The minimum atomic E-state index is -2.55. The van der Waals surface area contributed by atoms with E-state index in [2.05, 4.69) is 0 Å². The maximum Gasteiger partial charge on any atom is 0.343 e. The van der Waals surface area contributed by atoms with Gasteiger partial charge in [0.15, 0.2) is 17.4 Å². The van der Waals surface area contributed by atoms with Crippen LogP contribution in [0.15, 0.2) is 17.1 Å². The van der Waals surface area contributed by atoms with Gasteiger partial charge in [0.25, 0.3) is 0 Å². The molecular weight excluding hydrogens is 474 g/mol. The zero-order valence-electron chi connectivity index (χ0n) is 20.0. The molecule has 3 aliphatic carbocycles. The third-order valence-corrected chi connectivity index (χ3v) is 7.61. The van der Waals surface area contributed by atoms with Crippen LogP contribution in [-0.4, -0.2) is 35.3 Å². The summed E-state index contributed by atoms with van der Waals surface area (Å²) in [5, 5.41) is 8.54. The topological polar surface area (TPSA) is 115 Å². The highest BCUT2D eigenvalue weighted by Gasteiger charge is 2.79. The lowest BCUT2D eigenvalue weighted by Crippen LogP contribution is -2.47. The van der Waals surface area contributed by atoms with Gasteiger partial charge in [0.2, 0.25) is 11.0 Å². The van der Waals surface area contributed by atoms with E-state index in [-0.39, 0.29) is 36.8 Å². The van der Waals surface area contributed by atoms with Crippen molar-refractivity contribution in [1.29, 1.82) is 5.26 Å². The van der Waals surface area contributed by atoms with E-state index in [9.17, 15) is 19.2 Å². The number of benzene rings is 1. The molecule has 0 saturated heterocycles. The Morgan fingerprint density at radius 2 is 1.83 bits per heavy atom. The molecule has 0 aliphatic heterocycles. The predicted octanol–water partition coefficient (Wildman–Crippen LogP) is 3.34. The van der Waals surface area contributed by atoms with Crippen LogP contribution in [0.4, 0.5) is 8.78 Å². The van der Waals surface area contributed by atoms with Gasteiger partial charge in [-0.1, -0.05) is 13.8 Å². The van der Waals surface area contributed by atoms with Crippen LogP contribution in [0.5, 0.6) is 0 Å². The monoisotopic (exact) mass is 498 g/mol. The highest BCUT2D eigenvalue weighted by molar-refractivity contribution is 6.23. The zero-order chi connectivity index (χ0) is 26.2. The Hall–Kier alpha value is -3.45. The van der Waals surface area contributed by atoms with Gasteiger partial charge < -0.3 is 14.0 Å². The number of hydrogen-bond acceptors (Lipinski definition) is 7. The number of aromatic nitrogens is 1. The summed E-state index contributed by atoms with van der Waals surface area (Å²) >= 11 is 0. The fourth-order valence-electron chi connectivity index (χ4n) is 5.65. The first-order valence-electron chi connectivity index (χ1n) is 11.9. The molecule has 36 heavy (non-hydrogen) atoms. The number of hydrogen-bond donors (Lipinski definition) is 0. The van der Waals surface area contributed by atoms with E-state index in [0.29, 0.717) is 12.8 Å². The van der Waals surface area contributed by atoms with E-state index in [1.54, 1.807) is 20.8 Å². The van der Waals surface area contributed by atoms with Crippen LogP contribution in [0, 0.1) is 40.2 Å². The number of rotatable bonds is 7. The summed E-state index contributed by atoms with van der Waals surface area (Å²) in [6.07, 6.45) is 2.25. The number of Topliss-reactive ketones (excluding diaryl/α,β-unsaturated/α-hetero) is 2. The average molecular weight is 498 g/mol. The van der Waals surface area contributed by atoms with E-state index in [0.717, 1.165) is 6.07 Å². The lowest BCUT2D eigenvalue weighted by molar-refractivity contribution is -0.158. The number of ketones is 2. The predicted molar refractivity (Wildman–Crippen MR) is 121 cm³/mol. The molecule has 0 bridgehead atoms. The highest BCUT2D eigenvalue weighted by Crippen LogP contribution is 2.68. The van der Waals surface area contributed by atoms with Crippen LogP contribution in [0.1, 0.15) is 62.0 Å². The molecule has 8 nitrogen and oxygen atoms in total. The van der Waals surface area contributed by atoms with E-state index < -0.39 is 68.4 Å². The number of carbonyl (C=O) groups excluding carboxylic acids is 3. The van der Waals surface area contributed by atoms with Crippen LogP contribution in [0.25, 0.3) is 10.9 Å². The standard InChI is InChI=1S/C26H24F2N2O6/c1-4-35-24(34)14-11-30(12-6-7-12)20-13(21(14)31)10-15(27)16(19(20)28)26(36-9-5-8-29)22(32)17-18(23(26)33)25(17,2)3/h10-12,17-18H,4-7,9H2,1-3H3. The second kappa shape index (κ2) is 8.03. The van der Waals surface area contributed by atoms with Gasteiger partial charge in [-0.05, 0) is 31.2 Å². The fourth-order valence-corrected chi connectivity index (χ4v) is 5.65. The normalized spacial score (nSPS) is 26.1. The smallest absolute Gasteiger partial charge is 0.343 e. The van der Waals surface area contributed by atoms with E-state index >= 15 is 8.78 Å². The maximum absolute atomic E-state index is 16.4. The molecule has 2 unspecified atom stereocenters. The molecule has 1 aromatic carbocycles. The Labute approximate surface area is 204 Å². The summed E-state index contributed by atoms with van der Waals surface area (Å²) in [6.45, 7) is 4.64. The summed E-state index contributed by atoms with van der Waals surface area (Å²) in [7, 11) is 0. The van der Waals surface area contributed by atoms with Crippen LogP contribution in [0.3, 0.4) is 0 Å². The van der Waals surface area contributed by atoms with Crippen molar-refractivity contribution >= 4 is 28.4 Å². The largest absolute Gasteiger partial charge is 0.462 e. The Morgan fingerprint density at radius 3 is 2.39 bits per heavy atom. The maximum atomic E-state index is 16.4. The molecule has 0 radical (unpaired) electrons. The molecule has 188 valence electrons. The van der Waals surface area contributed by atoms with Crippen molar-refractivity contribution < 1.29 is 32.6 Å². The third kappa shape index (κ3) is 3.11. The van der Waals surface area contributed by atoms with Gasteiger partial charge >= 0.3 is 5.97 Å². The van der Waals surface area contributed by atoms with Crippen molar-refractivity contribution in [2.75, 3.05) is 13.2 Å². The molecule has 3 fully saturated rings. The summed E-state index contributed by atoms with van der Waals surface area (Å²) < 4.78 is 44.0. The molecule has 10 heteroatoms. The molecule has 0 spiro atoms. The lowest BCUT2D eigenvalue weighted by atomic mass is 9.80. The van der Waals surface area contributed by atoms with Crippen LogP contribution < -0.4 is 5.43 Å². The van der Waals surface area contributed by atoms with Crippen molar-refractivity contribution in [3.8, 4) is 6.07 Å². The second-order valence-corrected chi connectivity index (χ2v) is 10.1. The fraction of sp³-hybridized carbons (Fsp3) is 0.500. The van der Waals surface area contributed by atoms with E-state index in [1.165, 1.54) is 10.8 Å². The molecule has 2 atom stereocenters. The molecule has 1 aromatic heterocycles. The molecule has 3 saturated carbocycles. The number of ether oxygens (including phenoxy) is 2. The molecule has 3 aliphatic rings. The molecule has 2 aromatic rings. The van der Waals surface area contributed by atoms with E-state index in [4.69, 9.17) is 14.7 Å². The van der Waals surface area contributed by atoms with Crippen LogP contribution in [0.2, 0.25) is 0 Å². The number of esters is 1. The molecular formula is C26H24F2N2O6. The first-order valence-corrected chi connectivity index (χ1v) is 11.9. The SMILES string of the molecule is CCOC(=O)c1cn(C2CC2)c2c(F)c(C3(OCCC#N)C(=O)C4C(C3=O)C4(C)C)c(F)cc2c1=O. The van der Waals surface area contributed by atoms with Gasteiger partial charge in [-0.15, -0.1) is 0 Å². The number of fused-ring (bicyclic) bond motifs is 2. The quantitative estimate of drug-likeness (QED) is 0.327. The number of pyridine rings is 1. The number of halogens is 2. The minimum absolute atomic E-state index is 0.00681. The van der Waals surface area contributed by atoms with Crippen molar-refractivity contribution in [3.63, 3.8) is 0 Å². The van der Waals surface area contributed by atoms with Crippen molar-refractivity contribution in [2.24, 2.45) is 17.3 Å². The van der Waals surface area contributed by atoms with Crippen molar-refractivity contribution in [2.45, 2.75) is 51.7 Å². The summed E-state index contributed by atoms with van der Waals surface area (Å²) in [5.74, 6) is -6.51. The van der Waals surface area contributed by atoms with Crippen LogP contribution >= 0.6 is 0 Å². The molecule has 0 amide bonds. The lowest BCUT2D eigenvalue weighted by Gasteiger charge is -2.31. The number of nitrogens with zero attached hydrogens (tertiary/aromatic N) is 2. The number of carbonyl (C=O) groups is 3. The summed E-state index contributed by atoms with van der Waals surface area (Å²) in [6, 6.07) is 2.33. The minimum Gasteiger partial charge on any atom is -0.462 e. The van der Waals surface area contributed by atoms with Crippen molar-refractivity contribution in [1.82, 2.24) is 4.57 Å². The Morgan fingerprint density at radius 1 is 1.19 bits per heavy atom. The van der Waals surface area contributed by atoms with Crippen molar-refractivity contribution in [3.05, 3.63) is 45.2 Å². The Bertz CT molecular complexity index is 1430. The first kappa shape index (κ1) is 24.3. The summed E-state index contributed by atoms with van der Waals surface area (Å²) in [5.41, 5.74) is -5.67. The highest BCUT2D eigenvalue weighted by atomic mass is 19.1. The van der Waals surface area contributed by atoms with Gasteiger partial charge in [0, 0.05) is 24.1 Å². The molecule has 1 heterocycles. The van der Waals surface area contributed by atoms with Gasteiger partial charge in [0.1, 0.15) is 11.4 Å². The second-order valence-electron chi connectivity index (χ2n) is 10.1. The van der Waals surface area contributed by atoms with Crippen LogP contribution in [-0.2, 0) is 24.7 Å². The van der Waals surface area contributed by atoms with Gasteiger partial charge in [-0.3, -0.25) is 14.4 Å². The molecule has 0 N–H and O–H groups in total. The first-order chi connectivity index (χ1) is 17.0. The van der Waals surface area contributed by atoms with Gasteiger partial charge in [0.05, 0.1) is 42.2 Å². The average Bonchev–Trinajstić information content (AvgIpc) is 3.72. The number of nitriles is 1. The summed E-state index contributed by atoms with van der Waals surface area (Å²) in [4.78, 5) is 52.6. The Kier molecular flexibility index (Phi) is 5.41. The Balaban J connectivity index is 1.78. The zero-order valence-corrected chi connectivity index (χ0v) is 20.0. The van der Waals surface area contributed by atoms with E-state index in [1.807, 2.05) is 6.07 Å². The van der Waals surface area contributed by atoms with Gasteiger partial charge in [-0.2, -0.15) is 5.26 Å². The van der Waals surface area contributed by atoms with Gasteiger partial charge in [-0.25, -0.2) is 13.6 Å². The molecule has 5 rings (SSSR count). The third-order valence-electron chi connectivity index (χ3n) is 7.61.